The number of ether oxygens (including phenoxy) is 1. The Hall–Kier alpha value is -2.96. The van der Waals surface area contributed by atoms with E-state index in [0.717, 1.165) is 22.3 Å². The number of rotatable bonds is 7. The second kappa shape index (κ2) is 7.73. The van der Waals surface area contributed by atoms with Gasteiger partial charge in [0.1, 0.15) is 6.61 Å². The molecule has 2 N–H and O–H groups in total. The predicted octanol–water partition coefficient (Wildman–Crippen LogP) is 4.03. The standard InChI is InChI=1S/C20H19F2NO4/c21-20(22,10-9-18(24)25)12-23-19(26)27-11-17-15-7-3-1-5-13(15)14-6-2-4-8-16(14)17/h1-8,17H,9-12H2,(H,23,26)(H,24,25). The summed E-state index contributed by atoms with van der Waals surface area (Å²) in [5, 5.41) is 10.5. The van der Waals surface area contributed by atoms with Crippen molar-refractivity contribution in [2.24, 2.45) is 0 Å². The van der Waals surface area contributed by atoms with Crippen LogP contribution in [0.4, 0.5) is 13.6 Å². The number of benzene rings is 2. The van der Waals surface area contributed by atoms with E-state index in [9.17, 15) is 18.4 Å². The van der Waals surface area contributed by atoms with Crippen LogP contribution in [0.1, 0.15) is 29.9 Å². The molecule has 2 aromatic rings. The lowest BCUT2D eigenvalue weighted by atomic mass is 9.98. The Morgan fingerprint density at radius 2 is 1.59 bits per heavy atom. The van der Waals surface area contributed by atoms with Crippen molar-refractivity contribution in [3.8, 4) is 11.1 Å². The van der Waals surface area contributed by atoms with Crippen molar-refractivity contribution in [1.82, 2.24) is 5.32 Å². The zero-order valence-corrected chi connectivity index (χ0v) is 14.5. The van der Waals surface area contributed by atoms with Gasteiger partial charge in [-0.05, 0) is 22.3 Å². The predicted molar refractivity (Wildman–Crippen MR) is 94.9 cm³/mol. The highest BCUT2D eigenvalue weighted by Crippen LogP contribution is 2.44. The van der Waals surface area contributed by atoms with Crippen molar-refractivity contribution in [3.05, 3.63) is 59.7 Å². The van der Waals surface area contributed by atoms with Gasteiger partial charge in [-0.15, -0.1) is 0 Å². The number of amides is 1. The fourth-order valence-electron chi connectivity index (χ4n) is 3.23. The van der Waals surface area contributed by atoms with Crippen molar-refractivity contribution >= 4 is 12.1 Å². The fourth-order valence-corrected chi connectivity index (χ4v) is 3.23. The van der Waals surface area contributed by atoms with Gasteiger partial charge in [-0.25, -0.2) is 13.6 Å². The van der Waals surface area contributed by atoms with Crippen LogP contribution >= 0.6 is 0 Å². The minimum absolute atomic E-state index is 0.0283. The Morgan fingerprint density at radius 1 is 1.04 bits per heavy atom. The molecule has 0 aromatic heterocycles. The molecule has 0 atom stereocenters. The summed E-state index contributed by atoms with van der Waals surface area (Å²) in [5.74, 6) is -4.77. The van der Waals surface area contributed by atoms with Crippen LogP contribution in [0.3, 0.4) is 0 Å². The van der Waals surface area contributed by atoms with E-state index in [1.807, 2.05) is 53.8 Å². The Morgan fingerprint density at radius 3 is 2.15 bits per heavy atom. The first-order valence-electron chi connectivity index (χ1n) is 8.56. The first kappa shape index (κ1) is 18.8. The largest absolute Gasteiger partial charge is 0.481 e. The van der Waals surface area contributed by atoms with E-state index in [2.05, 4.69) is 0 Å². The number of fused-ring (bicyclic) bond motifs is 3. The molecule has 0 fully saturated rings. The number of hydrogen-bond acceptors (Lipinski definition) is 3. The van der Waals surface area contributed by atoms with E-state index in [0.29, 0.717) is 0 Å². The molecule has 3 rings (SSSR count). The number of hydrogen-bond donors (Lipinski definition) is 2. The summed E-state index contributed by atoms with van der Waals surface area (Å²) >= 11 is 0. The number of alkyl halides is 2. The van der Waals surface area contributed by atoms with Crippen molar-refractivity contribution in [3.63, 3.8) is 0 Å². The normalized spacial score (nSPS) is 13.0. The van der Waals surface area contributed by atoms with Crippen molar-refractivity contribution in [2.45, 2.75) is 24.7 Å². The number of aliphatic carboxylic acids is 1. The quantitative estimate of drug-likeness (QED) is 0.766. The number of carboxylic acids is 1. The summed E-state index contributed by atoms with van der Waals surface area (Å²) in [6.07, 6.45) is -2.46. The Kier molecular flexibility index (Phi) is 5.39. The SMILES string of the molecule is O=C(O)CCC(F)(F)CNC(=O)OCC1c2ccccc2-c2ccccc21. The zero-order valence-electron chi connectivity index (χ0n) is 14.5. The Balaban J connectivity index is 1.59. The number of nitrogens with one attached hydrogen (secondary N) is 1. The fraction of sp³-hybridized carbons (Fsp3) is 0.300. The smallest absolute Gasteiger partial charge is 0.407 e. The van der Waals surface area contributed by atoms with Crippen molar-refractivity contribution in [1.29, 1.82) is 0 Å². The average molecular weight is 375 g/mol. The third-order valence-electron chi connectivity index (χ3n) is 4.54. The summed E-state index contributed by atoms with van der Waals surface area (Å²) in [6.45, 7) is -0.933. The third kappa shape index (κ3) is 4.42. The van der Waals surface area contributed by atoms with Gasteiger partial charge in [-0.1, -0.05) is 48.5 Å². The summed E-state index contributed by atoms with van der Waals surface area (Å²) in [6, 6.07) is 15.6. The topological polar surface area (TPSA) is 75.6 Å². The molecular formula is C20H19F2NO4. The second-order valence-electron chi connectivity index (χ2n) is 6.43. The van der Waals surface area contributed by atoms with Crippen LogP contribution in [0, 0.1) is 0 Å². The van der Waals surface area contributed by atoms with Gasteiger partial charge in [0.2, 0.25) is 0 Å². The van der Waals surface area contributed by atoms with Crippen molar-refractivity contribution < 1.29 is 28.2 Å². The van der Waals surface area contributed by atoms with E-state index >= 15 is 0 Å². The summed E-state index contributed by atoms with van der Waals surface area (Å²) in [7, 11) is 0. The first-order valence-corrected chi connectivity index (χ1v) is 8.56. The molecule has 1 aliphatic rings. The highest BCUT2D eigenvalue weighted by molar-refractivity contribution is 5.79. The molecule has 2 aromatic carbocycles. The first-order chi connectivity index (χ1) is 12.9. The maximum atomic E-state index is 13.5. The number of carbonyl (C=O) groups is 2. The highest BCUT2D eigenvalue weighted by Gasteiger charge is 2.32. The lowest BCUT2D eigenvalue weighted by Crippen LogP contribution is -2.37. The second-order valence-corrected chi connectivity index (χ2v) is 6.43. The molecule has 27 heavy (non-hydrogen) atoms. The number of carbonyl (C=O) groups excluding carboxylic acids is 1. The maximum Gasteiger partial charge on any atom is 0.407 e. The van der Waals surface area contributed by atoms with Gasteiger partial charge in [0.15, 0.2) is 0 Å². The van der Waals surface area contributed by atoms with E-state index in [-0.39, 0.29) is 12.5 Å². The molecule has 0 bridgehead atoms. The third-order valence-corrected chi connectivity index (χ3v) is 4.54. The minimum Gasteiger partial charge on any atom is -0.481 e. The molecule has 142 valence electrons. The van der Waals surface area contributed by atoms with Gasteiger partial charge in [-0.2, -0.15) is 0 Å². The summed E-state index contributed by atoms with van der Waals surface area (Å²) in [5.41, 5.74) is 4.20. The zero-order chi connectivity index (χ0) is 19.4. The van der Waals surface area contributed by atoms with Crippen LogP contribution in [0.2, 0.25) is 0 Å². The number of halogens is 2. The van der Waals surface area contributed by atoms with Gasteiger partial charge < -0.3 is 15.2 Å². The Bertz CT molecular complexity index is 808. The maximum absolute atomic E-state index is 13.5. The summed E-state index contributed by atoms with van der Waals surface area (Å²) in [4.78, 5) is 22.2. The van der Waals surface area contributed by atoms with Crippen LogP contribution in [0.15, 0.2) is 48.5 Å². The molecule has 0 saturated heterocycles. The monoisotopic (exact) mass is 375 g/mol. The van der Waals surface area contributed by atoms with Crippen LogP contribution in [0.5, 0.6) is 0 Å². The molecule has 7 heteroatoms. The Labute approximate surface area is 155 Å². The van der Waals surface area contributed by atoms with E-state index in [1.165, 1.54) is 0 Å². The molecular weight excluding hydrogens is 356 g/mol. The molecule has 0 saturated carbocycles. The van der Waals surface area contributed by atoms with E-state index < -0.39 is 37.4 Å². The van der Waals surface area contributed by atoms with Gasteiger partial charge >= 0.3 is 12.1 Å². The van der Waals surface area contributed by atoms with Gasteiger partial charge in [0.05, 0.1) is 13.0 Å². The molecule has 0 spiro atoms. The highest BCUT2D eigenvalue weighted by atomic mass is 19.3. The molecule has 0 radical (unpaired) electrons. The van der Waals surface area contributed by atoms with Crippen LogP contribution in [-0.4, -0.2) is 36.2 Å². The van der Waals surface area contributed by atoms with E-state index in [1.54, 1.807) is 0 Å². The lowest BCUT2D eigenvalue weighted by molar-refractivity contribution is -0.139. The number of carboxylic acid groups (broad SMARTS) is 1. The molecule has 1 aliphatic carbocycles. The lowest BCUT2D eigenvalue weighted by Gasteiger charge is -2.17. The summed E-state index contributed by atoms with van der Waals surface area (Å²) < 4.78 is 32.3. The van der Waals surface area contributed by atoms with Gasteiger partial charge in [0.25, 0.3) is 5.92 Å². The molecule has 0 heterocycles. The minimum atomic E-state index is -3.30. The molecule has 0 aliphatic heterocycles. The number of alkyl carbamates (subject to hydrolysis) is 1. The van der Waals surface area contributed by atoms with E-state index in [4.69, 9.17) is 9.84 Å². The molecule has 5 nitrogen and oxygen atoms in total. The average Bonchev–Trinajstić information content (AvgIpc) is 2.97. The van der Waals surface area contributed by atoms with Crippen LogP contribution in [0.25, 0.3) is 11.1 Å². The van der Waals surface area contributed by atoms with Gasteiger partial charge in [-0.3, -0.25) is 4.79 Å². The van der Waals surface area contributed by atoms with Crippen LogP contribution < -0.4 is 5.32 Å². The van der Waals surface area contributed by atoms with Crippen molar-refractivity contribution in [2.75, 3.05) is 13.2 Å². The van der Waals surface area contributed by atoms with Gasteiger partial charge in [0, 0.05) is 12.3 Å². The van der Waals surface area contributed by atoms with Crippen LogP contribution in [-0.2, 0) is 9.53 Å². The molecule has 0 unspecified atom stereocenters. The molecule has 1 amide bonds.